The van der Waals surface area contributed by atoms with Crippen LogP contribution in [0.25, 0.3) is 0 Å². The molecule has 0 bridgehead atoms. The molecule has 18 heavy (non-hydrogen) atoms. The predicted octanol–water partition coefficient (Wildman–Crippen LogP) is 3.38. The van der Waals surface area contributed by atoms with Gasteiger partial charge in [-0.2, -0.15) is 0 Å². The Bertz CT molecular complexity index is 521. The van der Waals surface area contributed by atoms with E-state index in [1.165, 1.54) is 17.7 Å². The molecule has 0 amide bonds. The molecule has 0 aliphatic rings. The molecule has 2 rings (SSSR count). The van der Waals surface area contributed by atoms with Gasteiger partial charge in [-0.05, 0) is 55.8 Å². The molecule has 0 spiro atoms. The van der Waals surface area contributed by atoms with Crippen LogP contribution >= 0.6 is 0 Å². The standard InChI is InChI=1S/C15H17FN2/c1-11-2-5-14(6-3-11)18-15-7-4-13(16)10-12(15)8-9-17/h2-7,10,18H,8-9,17H2,1H3. The summed E-state index contributed by atoms with van der Waals surface area (Å²) in [6.45, 7) is 2.55. The van der Waals surface area contributed by atoms with E-state index in [4.69, 9.17) is 5.73 Å². The van der Waals surface area contributed by atoms with Crippen LogP contribution in [0, 0.1) is 12.7 Å². The summed E-state index contributed by atoms with van der Waals surface area (Å²) < 4.78 is 13.2. The lowest BCUT2D eigenvalue weighted by Crippen LogP contribution is -2.05. The third kappa shape index (κ3) is 3.08. The fourth-order valence-corrected chi connectivity index (χ4v) is 1.84. The summed E-state index contributed by atoms with van der Waals surface area (Å²) in [7, 11) is 0. The molecule has 0 radical (unpaired) electrons. The Morgan fingerprint density at radius 1 is 1.11 bits per heavy atom. The average Bonchev–Trinajstić information content (AvgIpc) is 2.36. The number of nitrogens with one attached hydrogen (secondary N) is 1. The van der Waals surface area contributed by atoms with E-state index in [1.807, 2.05) is 31.2 Å². The van der Waals surface area contributed by atoms with Gasteiger partial charge in [-0.1, -0.05) is 17.7 Å². The summed E-state index contributed by atoms with van der Waals surface area (Å²) >= 11 is 0. The van der Waals surface area contributed by atoms with Crippen LogP contribution in [0.4, 0.5) is 15.8 Å². The number of hydrogen-bond acceptors (Lipinski definition) is 2. The first-order valence-corrected chi connectivity index (χ1v) is 6.01. The van der Waals surface area contributed by atoms with Crippen LogP contribution in [-0.4, -0.2) is 6.54 Å². The average molecular weight is 244 g/mol. The highest BCUT2D eigenvalue weighted by Gasteiger charge is 2.04. The molecule has 2 aromatic carbocycles. The van der Waals surface area contributed by atoms with Crippen LogP contribution in [0.1, 0.15) is 11.1 Å². The maximum Gasteiger partial charge on any atom is 0.123 e. The monoisotopic (exact) mass is 244 g/mol. The fourth-order valence-electron chi connectivity index (χ4n) is 1.84. The number of nitrogens with two attached hydrogens (primary N) is 1. The van der Waals surface area contributed by atoms with E-state index < -0.39 is 0 Å². The van der Waals surface area contributed by atoms with Crippen LogP contribution in [0.15, 0.2) is 42.5 Å². The highest BCUT2D eigenvalue weighted by molar-refractivity contribution is 5.63. The van der Waals surface area contributed by atoms with Crippen LogP contribution in [-0.2, 0) is 6.42 Å². The van der Waals surface area contributed by atoms with Crippen molar-refractivity contribution in [2.75, 3.05) is 11.9 Å². The molecule has 2 nitrogen and oxygen atoms in total. The summed E-state index contributed by atoms with van der Waals surface area (Å²) in [5, 5.41) is 3.29. The Morgan fingerprint density at radius 3 is 2.50 bits per heavy atom. The van der Waals surface area contributed by atoms with Gasteiger partial charge in [0.05, 0.1) is 0 Å². The topological polar surface area (TPSA) is 38.0 Å². The van der Waals surface area contributed by atoms with E-state index >= 15 is 0 Å². The lowest BCUT2D eigenvalue weighted by molar-refractivity contribution is 0.625. The summed E-state index contributed by atoms with van der Waals surface area (Å²) in [5.74, 6) is -0.229. The largest absolute Gasteiger partial charge is 0.355 e. The summed E-state index contributed by atoms with van der Waals surface area (Å²) in [6.07, 6.45) is 0.659. The van der Waals surface area contributed by atoms with Gasteiger partial charge in [0, 0.05) is 11.4 Å². The van der Waals surface area contributed by atoms with Crippen molar-refractivity contribution in [2.24, 2.45) is 5.73 Å². The summed E-state index contributed by atoms with van der Waals surface area (Å²) in [5.41, 5.74) is 9.55. The minimum Gasteiger partial charge on any atom is -0.355 e. The first-order valence-electron chi connectivity index (χ1n) is 6.01. The van der Waals surface area contributed by atoms with Crippen LogP contribution in [0.3, 0.4) is 0 Å². The molecule has 3 heteroatoms. The van der Waals surface area contributed by atoms with Crippen molar-refractivity contribution < 1.29 is 4.39 Å². The molecular formula is C15H17FN2. The van der Waals surface area contributed by atoms with Crippen molar-refractivity contribution in [3.05, 3.63) is 59.4 Å². The predicted molar refractivity (Wildman–Crippen MR) is 73.6 cm³/mol. The van der Waals surface area contributed by atoms with Gasteiger partial charge in [0.1, 0.15) is 5.82 Å². The second-order valence-corrected chi connectivity index (χ2v) is 4.33. The third-order valence-electron chi connectivity index (χ3n) is 2.81. The molecule has 0 fully saturated rings. The second-order valence-electron chi connectivity index (χ2n) is 4.33. The lowest BCUT2D eigenvalue weighted by Gasteiger charge is -2.12. The molecule has 2 aromatic rings. The van der Waals surface area contributed by atoms with E-state index in [9.17, 15) is 4.39 Å². The smallest absolute Gasteiger partial charge is 0.123 e. The summed E-state index contributed by atoms with van der Waals surface area (Å²) in [4.78, 5) is 0. The van der Waals surface area contributed by atoms with Crippen molar-refractivity contribution in [1.82, 2.24) is 0 Å². The van der Waals surface area contributed by atoms with Crippen LogP contribution in [0.2, 0.25) is 0 Å². The Hall–Kier alpha value is -1.87. The van der Waals surface area contributed by atoms with E-state index in [0.29, 0.717) is 13.0 Å². The molecular weight excluding hydrogens is 227 g/mol. The molecule has 0 heterocycles. The van der Waals surface area contributed by atoms with Crippen LogP contribution in [0.5, 0.6) is 0 Å². The number of aryl methyl sites for hydroxylation is 1. The molecule has 0 saturated carbocycles. The summed E-state index contributed by atoms with van der Waals surface area (Å²) in [6, 6.07) is 12.8. The molecule has 0 unspecified atom stereocenters. The first-order chi connectivity index (χ1) is 8.69. The normalized spacial score (nSPS) is 10.4. The highest BCUT2D eigenvalue weighted by atomic mass is 19.1. The molecule has 0 aliphatic heterocycles. The third-order valence-corrected chi connectivity index (χ3v) is 2.81. The van der Waals surface area contributed by atoms with Crippen molar-refractivity contribution in [3.63, 3.8) is 0 Å². The molecule has 0 saturated heterocycles. The molecule has 3 N–H and O–H groups in total. The fraction of sp³-hybridized carbons (Fsp3) is 0.200. The van der Waals surface area contributed by atoms with Gasteiger partial charge in [-0.3, -0.25) is 0 Å². The zero-order valence-corrected chi connectivity index (χ0v) is 10.4. The number of halogens is 1. The minimum absolute atomic E-state index is 0.229. The van der Waals surface area contributed by atoms with E-state index in [-0.39, 0.29) is 5.82 Å². The number of hydrogen-bond donors (Lipinski definition) is 2. The Balaban J connectivity index is 2.25. The lowest BCUT2D eigenvalue weighted by atomic mass is 10.1. The van der Waals surface area contributed by atoms with Gasteiger partial charge < -0.3 is 11.1 Å². The van der Waals surface area contributed by atoms with Gasteiger partial charge in [-0.25, -0.2) is 4.39 Å². The maximum absolute atomic E-state index is 13.2. The van der Waals surface area contributed by atoms with Gasteiger partial charge in [0.2, 0.25) is 0 Å². The van der Waals surface area contributed by atoms with Crippen molar-refractivity contribution in [1.29, 1.82) is 0 Å². The Kier molecular flexibility index (Phi) is 3.95. The maximum atomic E-state index is 13.2. The quantitative estimate of drug-likeness (QED) is 0.865. The van der Waals surface area contributed by atoms with Crippen molar-refractivity contribution in [2.45, 2.75) is 13.3 Å². The van der Waals surface area contributed by atoms with Gasteiger partial charge in [0.25, 0.3) is 0 Å². The van der Waals surface area contributed by atoms with Crippen molar-refractivity contribution >= 4 is 11.4 Å². The van der Waals surface area contributed by atoms with E-state index in [2.05, 4.69) is 5.32 Å². The van der Waals surface area contributed by atoms with Crippen LogP contribution < -0.4 is 11.1 Å². The molecule has 0 aliphatic carbocycles. The van der Waals surface area contributed by atoms with Crippen molar-refractivity contribution in [3.8, 4) is 0 Å². The Morgan fingerprint density at radius 2 is 1.83 bits per heavy atom. The molecule has 0 aromatic heterocycles. The zero-order valence-electron chi connectivity index (χ0n) is 10.4. The molecule has 94 valence electrons. The molecule has 0 atom stereocenters. The van der Waals surface area contributed by atoms with Gasteiger partial charge in [0.15, 0.2) is 0 Å². The van der Waals surface area contributed by atoms with Gasteiger partial charge >= 0.3 is 0 Å². The SMILES string of the molecule is Cc1ccc(Nc2ccc(F)cc2CCN)cc1. The second kappa shape index (κ2) is 5.65. The van der Waals surface area contributed by atoms with E-state index in [1.54, 1.807) is 6.07 Å². The number of benzene rings is 2. The number of anilines is 2. The zero-order chi connectivity index (χ0) is 13.0. The number of rotatable bonds is 4. The Labute approximate surface area is 107 Å². The minimum atomic E-state index is -0.229. The highest BCUT2D eigenvalue weighted by Crippen LogP contribution is 2.22. The first kappa shape index (κ1) is 12.6. The van der Waals surface area contributed by atoms with Gasteiger partial charge in [-0.15, -0.1) is 0 Å². The van der Waals surface area contributed by atoms with E-state index in [0.717, 1.165) is 16.9 Å².